The predicted molar refractivity (Wildman–Crippen MR) is 141 cm³/mol. The molecular formula is C31H42O9. The van der Waals surface area contributed by atoms with E-state index in [1.54, 1.807) is 27.7 Å². The first-order chi connectivity index (χ1) is 18.6. The van der Waals surface area contributed by atoms with Crippen molar-refractivity contribution in [3.8, 4) is 0 Å². The summed E-state index contributed by atoms with van der Waals surface area (Å²) in [5.74, 6) is -7.36. The minimum atomic E-state index is -2.47. The van der Waals surface area contributed by atoms with Crippen molar-refractivity contribution >= 4 is 23.3 Å². The van der Waals surface area contributed by atoms with Crippen molar-refractivity contribution in [2.75, 3.05) is 6.61 Å². The molecule has 6 rings (SSSR count). The van der Waals surface area contributed by atoms with E-state index in [0.29, 0.717) is 24.8 Å². The largest absolute Gasteiger partial charge is 0.459 e. The SMILES string of the molecule is CCO[C@@]1(C)C2C[C@@](C)(C3C(=O)[C@]4(O)O[C@@]31[C@](O)(CC)CCC1C4CC(=O)C3=CCCC(=O)[C@@]31C)[C@@H](C)C(=O)O2. The van der Waals surface area contributed by atoms with Crippen molar-refractivity contribution in [3.05, 3.63) is 11.6 Å². The van der Waals surface area contributed by atoms with E-state index >= 15 is 0 Å². The Kier molecular flexibility index (Phi) is 5.87. The molecule has 0 aromatic rings. The molecule has 11 atom stereocenters. The van der Waals surface area contributed by atoms with Gasteiger partial charge in [-0.2, -0.15) is 0 Å². The lowest BCUT2D eigenvalue weighted by Gasteiger charge is -2.67. The van der Waals surface area contributed by atoms with Crippen LogP contribution in [0.3, 0.4) is 0 Å². The monoisotopic (exact) mass is 558 g/mol. The van der Waals surface area contributed by atoms with Gasteiger partial charge in [-0.05, 0) is 64.2 Å². The topological polar surface area (TPSA) is 136 Å². The number of aliphatic hydroxyl groups is 2. The number of fused-ring (bicyclic) bond motifs is 8. The number of hydrogen-bond donors (Lipinski definition) is 2. The fraction of sp³-hybridized carbons (Fsp3) is 0.806. The van der Waals surface area contributed by atoms with Crippen molar-refractivity contribution in [1.29, 1.82) is 0 Å². The lowest BCUT2D eigenvalue weighted by molar-refractivity contribution is -0.388. The molecule has 1 spiro atoms. The minimum Gasteiger partial charge on any atom is -0.459 e. The molecule has 0 aromatic heterocycles. The Labute approximate surface area is 235 Å². The van der Waals surface area contributed by atoms with Gasteiger partial charge < -0.3 is 24.4 Å². The Morgan fingerprint density at radius 2 is 1.77 bits per heavy atom. The third-order valence-electron chi connectivity index (χ3n) is 12.5. The zero-order valence-electron chi connectivity index (χ0n) is 24.4. The van der Waals surface area contributed by atoms with Gasteiger partial charge in [-0.25, -0.2) is 0 Å². The van der Waals surface area contributed by atoms with Gasteiger partial charge in [0.05, 0.1) is 22.9 Å². The molecule has 4 unspecified atom stereocenters. The number of allylic oxidation sites excluding steroid dienone is 2. The van der Waals surface area contributed by atoms with Gasteiger partial charge in [-0.3, -0.25) is 19.2 Å². The predicted octanol–water partition coefficient (Wildman–Crippen LogP) is 2.83. The molecule has 5 fully saturated rings. The van der Waals surface area contributed by atoms with Crippen molar-refractivity contribution in [3.63, 3.8) is 0 Å². The summed E-state index contributed by atoms with van der Waals surface area (Å²) in [6.07, 6.45) is 2.52. The summed E-state index contributed by atoms with van der Waals surface area (Å²) in [4.78, 5) is 55.2. The van der Waals surface area contributed by atoms with E-state index in [0.717, 1.165) is 0 Å². The van der Waals surface area contributed by atoms with Gasteiger partial charge in [0.25, 0.3) is 0 Å². The number of carbonyl (C=O) groups is 4. The summed E-state index contributed by atoms with van der Waals surface area (Å²) in [6, 6.07) is 0. The maximum absolute atomic E-state index is 14.9. The maximum atomic E-state index is 14.9. The van der Waals surface area contributed by atoms with Gasteiger partial charge in [0.1, 0.15) is 23.1 Å². The van der Waals surface area contributed by atoms with Crippen LogP contribution in [0.4, 0.5) is 0 Å². The van der Waals surface area contributed by atoms with E-state index in [9.17, 15) is 29.4 Å². The van der Waals surface area contributed by atoms with Crippen LogP contribution in [-0.2, 0) is 33.4 Å². The molecule has 220 valence electrons. The molecule has 40 heavy (non-hydrogen) atoms. The highest BCUT2D eigenvalue weighted by atomic mass is 16.7. The van der Waals surface area contributed by atoms with E-state index in [1.165, 1.54) is 0 Å². The van der Waals surface area contributed by atoms with Crippen LogP contribution in [0.25, 0.3) is 0 Å². The molecule has 0 aromatic carbocycles. The minimum absolute atomic E-state index is 0.0931. The highest BCUT2D eigenvalue weighted by molar-refractivity contribution is 6.07. The van der Waals surface area contributed by atoms with Crippen LogP contribution in [0.15, 0.2) is 11.6 Å². The summed E-state index contributed by atoms with van der Waals surface area (Å²) < 4.78 is 19.1. The van der Waals surface area contributed by atoms with Crippen LogP contribution < -0.4 is 0 Å². The zero-order valence-corrected chi connectivity index (χ0v) is 24.4. The first-order valence-corrected chi connectivity index (χ1v) is 14.9. The van der Waals surface area contributed by atoms with E-state index in [1.807, 2.05) is 19.9 Å². The molecule has 9 heteroatoms. The smallest absolute Gasteiger partial charge is 0.309 e. The van der Waals surface area contributed by atoms with Gasteiger partial charge >= 0.3 is 5.97 Å². The molecule has 0 amide bonds. The Balaban J connectivity index is 1.64. The van der Waals surface area contributed by atoms with E-state index in [4.69, 9.17) is 14.2 Å². The van der Waals surface area contributed by atoms with Crippen LogP contribution in [-0.4, -0.2) is 68.8 Å². The van der Waals surface area contributed by atoms with E-state index < -0.39 is 74.9 Å². The maximum Gasteiger partial charge on any atom is 0.309 e. The quantitative estimate of drug-likeness (QED) is 0.501. The van der Waals surface area contributed by atoms with E-state index in [-0.39, 0.29) is 43.9 Å². The van der Waals surface area contributed by atoms with Crippen LogP contribution in [0, 0.1) is 34.5 Å². The highest BCUT2D eigenvalue weighted by Gasteiger charge is 2.86. The fourth-order valence-electron chi connectivity index (χ4n) is 10.1. The standard InChI is InChI=1S/C31H42O9/c1-7-29(36)13-12-17-19(14-20(32)18-10-9-11-21(33)27(17,18)5)30(37)24(34)23-26(4)15-22(39-25(35)16(26)3)28(6,38-8-2)31(23,29)40-30/h10,16-17,19,22-23,36-37H,7-9,11-15H2,1-6H3/t16-,17?,19?,22?,23?,26+,27+,28-,29-,30+,31-/m0/s1. The molecule has 3 aliphatic heterocycles. The average Bonchev–Trinajstić information content (AvgIpc) is 3.17. The summed E-state index contributed by atoms with van der Waals surface area (Å²) in [7, 11) is 0. The van der Waals surface area contributed by atoms with Gasteiger partial charge in [0.2, 0.25) is 5.79 Å². The second kappa shape index (κ2) is 8.33. The summed E-state index contributed by atoms with van der Waals surface area (Å²) >= 11 is 0. The van der Waals surface area contributed by atoms with E-state index in [2.05, 4.69) is 0 Å². The molecular weight excluding hydrogens is 516 g/mol. The number of ether oxygens (including phenoxy) is 3. The lowest BCUT2D eigenvalue weighted by atomic mass is 9.45. The van der Waals surface area contributed by atoms with Crippen LogP contribution in [0.2, 0.25) is 0 Å². The third-order valence-corrected chi connectivity index (χ3v) is 12.5. The second-order valence-electron chi connectivity index (χ2n) is 13.8. The first kappa shape index (κ1) is 28.2. The summed E-state index contributed by atoms with van der Waals surface area (Å²) in [5.41, 5.74) is -6.70. The lowest BCUT2D eigenvalue weighted by Crippen LogP contribution is -2.81. The molecule has 0 radical (unpaired) electrons. The van der Waals surface area contributed by atoms with Crippen molar-refractivity contribution in [2.45, 2.75) is 115 Å². The van der Waals surface area contributed by atoms with Crippen molar-refractivity contribution < 1.29 is 43.6 Å². The molecule has 6 aliphatic rings. The van der Waals surface area contributed by atoms with Crippen LogP contribution in [0.1, 0.15) is 86.5 Å². The molecule has 3 saturated heterocycles. The Morgan fingerprint density at radius 1 is 1.07 bits per heavy atom. The number of hydrogen-bond acceptors (Lipinski definition) is 9. The average molecular weight is 559 g/mol. The molecule has 3 heterocycles. The third kappa shape index (κ3) is 2.88. The molecule has 2 saturated carbocycles. The molecule has 4 bridgehead atoms. The van der Waals surface area contributed by atoms with Crippen molar-refractivity contribution in [2.24, 2.45) is 34.5 Å². The Morgan fingerprint density at radius 3 is 2.42 bits per heavy atom. The first-order valence-electron chi connectivity index (χ1n) is 14.9. The zero-order chi connectivity index (χ0) is 29.3. The number of rotatable bonds is 3. The molecule has 2 N–H and O–H groups in total. The van der Waals surface area contributed by atoms with Gasteiger partial charge in [0.15, 0.2) is 11.6 Å². The number of ketones is 3. The van der Waals surface area contributed by atoms with Gasteiger partial charge in [-0.1, -0.05) is 26.8 Å². The number of carbonyl (C=O) groups excluding carboxylic acids is 4. The highest BCUT2D eigenvalue weighted by Crippen LogP contribution is 2.71. The number of esters is 1. The Hall–Kier alpha value is -1.94. The fourth-order valence-corrected chi connectivity index (χ4v) is 10.1. The van der Waals surface area contributed by atoms with Crippen LogP contribution >= 0.6 is 0 Å². The summed E-state index contributed by atoms with van der Waals surface area (Å²) in [6.45, 7) is 10.8. The second-order valence-corrected chi connectivity index (χ2v) is 13.8. The Bertz CT molecular complexity index is 1240. The van der Waals surface area contributed by atoms with Crippen LogP contribution in [0.5, 0.6) is 0 Å². The van der Waals surface area contributed by atoms with Crippen molar-refractivity contribution in [1.82, 2.24) is 0 Å². The molecule has 3 aliphatic carbocycles. The van der Waals surface area contributed by atoms with Gasteiger partial charge in [0, 0.05) is 30.9 Å². The normalized spacial score (nSPS) is 53.5. The van der Waals surface area contributed by atoms with Gasteiger partial charge in [-0.15, -0.1) is 0 Å². The number of Topliss-reactive ketones (excluding diaryl/α,β-unsaturated/α-hetero) is 3. The summed E-state index contributed by atoms with van der Waals surface area (Å²) in [5, 5.41) is 25.4. The molecule has 9 nitrogen and oxygen atoms in total.